The molecule has 2 heterocycles. The summed E-state index contributed by atoms with van der Waals surface area (Å²) in [4.78, 5) is 27.9. The van der Waals surface area contributed by atoms with Crippen LogP contribution in [0.3, 0.4) is 0 Å². The van der Waals surface area contributed by atoms with Crippen molar-refractivity contribution in [3.8, 4) is 0 Å². The summed E-state index contributed by atoms with van der Waals surface area (Å²) in [5, 5.41) is 6.52. The molecule has 25 heavy (non-hydrogen) atoms. The van der Waals surface area contributed by atoms with Gasteiger partial charge in [0, 0.05) is 6.04 Å². The lowest BCUT2D eigenvalue weighted by Crippen LogP contribution is -2.56. The van der Waals surface area contributed by atoms with Crippen molar-refractivity contribution in [3.05, 3.63) is 35.4 Å². The minimum absolute atomic E-state index is 0.0176. The zero-order chi connectivity index (χ0) is 17.4. The van der Waals surface area contributed by atoms with E-state index in [2.05, 4.69) is 29.7 Å². The van der Waals surface area contributed by atoms with Gasteiger partial charge in [0.05, 0.1) is 0 Å². The average molecular weight is 341 g/mol. The van der Waals surface area contributed by atoms with E-state index < -0.39 is 5.54 Å². The molecule has 1 aromatic carbocycles. The van der Waals surface area contributed by atoms with Crippen molar-refractivity contribution in [2.45, 2.75) is 57.0 Å². The molecule has 0 aromatic heterocycles. The fourth-order valence-corrected chi connectivity index (χ4v) is 5.02. The monoisotopic (exact) mass is 341 g/mol. The van der Waals surface area contributed by atoms with Crippen molar-refractivity contribution in [1.29, 1.82) is 0 Å². The Morgan fingerprint density at radius 2 is 1.76 bits per heavy atom. The van der Waals surface area contributed by atoms with Crippen LogP contribution < -0.4 is 10.6 Å². The molecule has 134 valence electrons. The first kappa shape index (κ1) is 16.6. The van der Waals surface area contributed by atoms with Gasteiger partial charge in [-0.3, -0.25) is 9.69 Å². The second kappa shape index (κ2) is 6.45. The summed E-state index contributed by atoms with van der Waals surface area (Å²) in [7, 11) is 0. The van der Waals surface area contributed by atoms with Crippen LogP contribution in [0.5, 0.6) is 0 Å². The van der Waals surface area contributed by atoms with Crippen molar-refractivity contribution >= 4 is 11.9 Å². The van der Waals surface area contributed by atoms with Crippen LogP contribution in [-0.4, -0.2) is 41.5 Å². The number of carbonyl (C=O) groups excluding carboxylic acids is 2. The normalized spacial score (nSPS) is 27.6. The number of piperidine rings is 1. The molecule has 0 unspecified atom stereocenters. The molecule has 3 aliphatic rings. The number of nitrogens with one attached hydrogen (secondary N) is 2. The third-order valence-corrected chi connectivity index (χ3v) is 6.22. The molecule has 2 aliphatic heterocycles. The Morgan fingerprint density at radius 1 is 1.12 bits per heavy atom. The van der Waals surface area contributed by atoms with Gasteiger partial charge < -0.3 is 10.6 Å². The molecule has 0 bridgehead atoms. The Labute approximate surface area is 149 Å². The Morgan fingerprint density at radius 3 is 2.36 bits per heavy atom. The van der Waals surface area contributed by atoms with E-state index in [1.165, 1.54) is 11.1 Å². The van der Waals surface area contributed by atoms with Crippen molar-refractivity contribution < 1.29 is 9.59 Å². The van der Waals surface area contributed by atoms with Gasteiger partial charge in [-0.1, -0.05) is 37.6 Å². The maximum atomic E-state index is 13.5. The topological polar surface area (TPSA) is 61.4 Å². The number of hydrogen-bond donors (Lipinski definition) is 2. The molecule has 0 radical (unpaired) electrons. The number of benzene rings is 1. The third-order valence-electron chi connectivity index (χ3n) is 6.22. The summed E-state index contributed by atoms with van der Waals surface area (Å²) < 4.78 is 0. The standard InChI is InChI=1S/C20H27N3O2/c1-2-9-20(16-7-10-21-11-8-16)18(24)23(19(25)22-20)17-12-14-5-3-4-6-15(14)13-17/h3-6,16-17,21H,2,7-13H2,1H3,(H,22,25)/t20-/m1/s1. The van der Waals surface area contributed by atoms with Gasteiger partial charge in [-0.2, -0.15) is 0 Å². The number of rotatable bonds is 4. The number of amides is 3. The summed E-state index contributed by atoms with van der Waals surface area (Å²) in [5.74, 6) is 0.253. The summed E-state index contributed by atoms with van der Waals surface area (Å²) in [6.07, 6.45) is 5.09. The average Bonchev–Trinajstić information content (AvgIpc) is 3.15. The van der Waals surface area contributed by atoms with Crippen LogP contribution in [0.2, 0.25) is 0 Å². The molecular weight excluding hydrogens is 314 g/mol. The van der Waals surface area contributed by atoms with E-state index in [9.17, 15) is 9.59 Å². The molecule has 5 nitrogen and oxygen atoms in total. The van der Waals surface area contributed by atoms with E-state index in [1.54, 1.807) is 4.90 Å². The number of carbonyl (C=O) groups is 2. The number of imide groups is 1. The molecule has 5 heteroatoms. The van der Waals surface area contributed by atoms with Gasteiger partial charge in [0.2, 0.25) is 0 Å². The smallest absolute Gasteiger partial charge is 0.323 e. The molecule has 0 spiro atoms. The Balaban J connectivity index is 1.60. The highest BCUT2D eigenvalue weighted by Crippen LogP contribution is 2.38. The lowest BCUT2D eigenvalue weighted by molar-refractivity contribution is -0.135. The van der Waals surface area contributed by atoms with Crippen LogP contribution in [0.1, 0.15) is 43.7 Å². The highest BCUT2D eigenvalue weighted by Gasteiger charge is 2.56. The van der Waals surface area contributed by atoms with Crippen LogP contribution in [0.15, 0.2) is 24.3 Å². The molecule has 2 saturated heterocycles. The van der Waals surface area contributed by atoms with Crippen LogP contribution in [-0.2, 0) is 17.6 Å². The minimum atomic E-state index is -0.692. The molecule has 1 aliphatic carbocycles. The summed E-state index contributed by atoms with van der Waals surface area (Å²) in [6.45, 7) is 3.94. The Kier molecular flexibility index (Phi) is 4.28. The van der Waals surface area contributed by atoms with E-state index in [0.29, 0.717) is 0 Å². The van der Waals surface area contributed by atoms with E-state index >= 15 is 0 Å². The largest absolute Gasteiger partial charge is 0.325 e. The van der Waals surface area contributed by atoms with Crippen molar-refractivity contribution in [1.82, 2.24) is 15.5 Å². The number of hydrogen-bond acceptors (Lipinski definition) is 3. The van der Waals surface area contributed by atoms with E-state index in [0.717, 1.165) is 51.6 Å². The van der Waals surface area contributed by atoms with Gasteiger partial charge in [-0.25, -0.2) is 4.79 Å². The highest BCUT2D eigenvalue weighted by molar-refractivity contribution is 6.07. The number of urea groups is 1. The third kappa shape index (κ3) is 2.65. The zero-order valence-electron chi connectivity index (χ0n) is 14.9. The predicted octanol–water partition coefficient (Wildman–Crippen LogP) is 2.24. The maximum absolute atomic E-state index is 13.5. The van der Waals surface area contributed by atoms with Crippen LogP contribution in [0, 0.1) is 5.92 Å². The number of nitrogens with zero attached hydrogens (tertiary/aromatic N) is 1. The SMILES string of the molecule is CCC[C@]1(C2CCNCC2)NC(=O)N(C2Cc3ccccc3C2)C1=O. The highest BCUT2D eigenvalue weighted by atomic mass is 16.2. The molecule has 2 N–H and O–H groups in total. The molecule has 1 atom stereocenters. The van der Waals surface area contributed by atoms with E-state index in [1.807, 2.05) is 12.1 Å². The Hall–Kier alpha value is -1.88. The minimum Gasteiger partial charge on any atom is -0.323 e. The first-order valence-electron chi connectivity index (χ1n) is 9.59. The first-order chi connectivity index (χ1) is 12.2. The lowest BCUT2D eigenvalue weighted by atomic mass is 9.75. The van der Waals surface area contributed by atoms with Gasteiger partial charge in [-0.05, 0) is 62.2 Å². The second-order valence-corrected chi connectivity index (χ2v) is 7.68. The fraction of sp³-hybridized carbons (Fsp3) is 0.600. The van der Waals surface area contributed by atoms with Gasteiger partial charge in [-0.15, -0.1) is 0 Å². The van der Waals surface area contributed by atoms with E-state index in [-0.39, 0.29) is 23.9 Å². The van der Waals surface area contributed by atoms with Gasteiger partial charge in [0.1, 0.15) is 5.54 Å². The van der Waals surface area contributed by atoms with Crippen molar-refractivity contribution in [3.63, 3.8) is 0 Å². The number of fused-ring (bicyclic) bond motifs is 1. The quantitative estimate of drug-likeness (QED) is 0.826. The predicted molar refractivity (Wildman–Crippen MR) is 96.2 cm³/mol. The lowest BCUT2D eigenvalue weighted by Gasteiger charge is -2.38. The molecular formula is C20H27N3O2. The zero-order valence-corrected chi connectivity index (χ0v) is 14.9. The van der Waals surface area contributed by atoms with Crippen molar-refractivity contribution in [2.24, 2.45) is 5.92 Å². The van der Waals surface area contributed by atoms with Gasteiger partial charge >= 0.3 is 6.03 Å². The molecule has 0 saturated carbocycles. The molecule has 3 amide bonds. The molecule has 1 aromatic rings. The van der Waals surface area contributed by atoms with E-state index in [4.69, 9.17) is 0 Å². The van der Waals surface area contributed by atoms with Crippen LogP contribution >= 0.6 is 0 Å². The maximum Gasteiger partial charge on any atom is 0.325 e. The first-order valence-corrected chi connectivity index (χ1v) is 9.59. The second-order valence-electron chi connectivity index (χ2n) is 7.68. The molecule has 4 rings (SSSR count). The van der Waals surface area contributed by atoms with Gasteiger partial charge in [0.25, 0.3) is 5.91 Å². The Bertz CT molecular complexity index is 658. The summed E-state index contributed by atoms with van der Waals surface area (Å²) in [6, 6.07) is 8.06. The van der Waals surface area contributed by atoms with Crippen LogP contribution in [0.25, 0.3) is 0 Å². The summed E-state index contributed by atoms with van der Waals surface area (Å²) >= 11 is 0. The van der Waals surface area contributed by atoms with Gasteiger partial charge in [0.15, 0.2) is 0 Å². The van der Waals surface area contributed by atoms with Crippen LogP contribution in [0.4, 0.5) is 4.79 Å². The summed E-state index contributed by atoms with van der Waals surface area (Å²) in [5.41, 5.74) is 1.84. The molecule has 2 fully saturated rings. The fourth-order valence-electron chi connectivity index (χ4n) is 5.02. The van der Waals surface area contributed by atoms with Crippen molar-refractivity contribution in [2.75, 3.05) is 13.1 Å².